The van der Waals surface area contributed by atoms with E-state index in [9.17, 15) is 19.0 Å². The molecular weight excluding hydrogens is 669 g/mol. The fourth-order valence-corrected chi connectivity index (χ4v) is 6.37. The van der Waals surface area contributed by atoms with Gasteiger partial charge in [0.2, 0.25) is 0 Å². The Morgan fingerprint density at radius 3 is 1.92 bits per heavy atom. The number of unbranched alkanes of at least 4 members (excludes halogenated alkanes) is 14. The summed E-state index contributed by atoms with van der Waals surface area (Å²) in [6.45, 7) is 3.60. The number of phosphoric acid groups is 1. The largest absolute Gasteiger partial charge is 0.472 e. The van der Waals surface area contributed by atoms with Crippen LogP contribution in [0.1, 0.15) is 162 Å². The lowest BCUT2D eigenvalue weighted by atomic mass is 10.0. The van der Waals surface area contributed by atoms with Crippen LogP contribution < -0.4 is 5.73 Å². The second kappa shape index (κ2) is 32.8. The van der Waals surface area contributed by atoms with Gasteiger partial charge in [-0.3, -0.25) is 18.6 Å². The Morgan fingerprint density at radius 1 is 0.706 bits per heavy atom. The van der Waals surface area contributed by atoms with E-state index in [4.69, 9.17) is 29.0 Å². The lowest BCUT2D eigenvalue weighted by molar-refractivity contribution is -0.161. The molecule has 1 saturated heterocycles. The van der Waals surface area contributed by atoms with E-state index in [1.807, 2.05) is 0 Å². The summed E-state index contributed by atoms with van der Waals surface area (Å²) >= 11 is 0. The highest BCUT2D eigenvalue weighted by Gasteiger charge is 2.36. The molecule has 0 aromatic heterocycles. The maximum Gasteiger partial charge on any atom is 0.472 e. The third-order valence-electron chi connectivity index (χ3n) is 8.70. The number of ether oxygens (including phenoxy) is 3. The van der Waals surface area contributed by atoms with E-state index in [0.29, 0.717) is 6.42 Å². The summed E-state index contributed by atoms with van der Waals surface area (Å²) in [4.78, 5) is 34.9. The Hall–Kier alpha value is -1.81. The molecule has 4 atom stereocenters. The van der Waals surface area contributed by atoms with Gasteiger partial charge in [0.05, 0.1) is 25.4 Å². The SMILES string of the molecule is CCCCC/C=C\C/C=C\C/C=C\CC1OC1CCCC(=O)O[C@H](COC(=O)CCCCCCCCCCCCCC)COP(=O)(O)OCCN. The molecule has 296 valence electrons. The lowest BCUT2D eigenvalue weighted by Gasteiger charge is -2.19. The quantitative estimate of drug-likeness (QED) is 0.0209. The summed E-state index contributed by atoms with van der Waals surface area (Å²) < 4.78 is 38.4. The molecule has 3 N–H and O–H groups in total. The average molecular weight is 742 g/mol. The van der Waals surface area contributed by atoms with Crippen LogP contribution in [0.4, 0.5) is 0 Å². The van der Waals surface area contributed by atoms with Gasteiger partial charge in [0, 0.05) is 19.4 Å². The van der Waals surface area contributed by atoms with Crippen molar-refractivity contribution in [3.63, 3.8) is 0 Å². The van der Waals surface area contributed by atoms with E-state index in [2.05, 4.69) is 50.3 Å². The van der Waals surface area contributed by atoms with Crippen molar-refractivity contribution >= 4 is 19.8 Å². The molecule has 0 radical (unpaired) electrons. The molecule has 0 aromatic rings. The third-order valence-corrected chi connectivity index (χ3v) is 9.69. The van der Waals surface area contributed by atoms with Gasteiger partial charge >= 0.3 is 19.8 Å². The number of nitrogens with two attached hydrogens (primary N) is 1. The minimum absolute atomic E-state index is 0.0413. The van der Waals surface area contributed by atoms with E-state index in [0.717, 1.165) is 51.4 Å². The van der Waals surface area contributed by atoms with E-state index >= 15 is 0 Å². The summed E-state index contributed by atoms with van der Waals surface area (Å²) in [5.41, 5.74) is 5.34. The second-order valence-corrected chi connectivity index (χ2v) is 15.0. The van der Waals surface area contributed by atoms with E-state index in [1.54, 1.807) is 0 Å². The van der Waals surface area contributed by atoms with Crippen LogP contribution in [0.3, 0.4) is 0 Å². The lowest BCUT2D eigenvalue weighted by Crippen LogP contribution is -2.29. The topological polar surface area (TPSA) is 147 Å². The smallest absolute Gasteiger partial charge is 0.462 e. The first-order valence-corrected chi connectivity index (χ1v) is 21.6. The number of epoxide rings is 1. The number of carbonyl (C=O) groups excluding carboxylic acids is 2. The first-order chi connectivity index (χ1) is 24.8. The number of allylic oxidation sites excluding steroid dienone is 5. The van der Waals surface area contributed by atoms with Gasteiger partial charge in [-0.1, -0.05) is 134 Å². The van der Waals surface area contributed by atoms with E-state index < -0.39 is 32.5 Å². The van der Waals surface area contributed by atoms with Crippen molar-refractivity contribution in [2.75, 3.05) is 26.4 Å². The van der Waals surface area contributed by atoms with Gasteiger partial charge in [0.25, 0.3) is 0 Å². The molecule has 0 aliphatic carbocycles. The number of hydrogen-bond acceptors (Lipinski definition) is 9. The molecule has 10 nitrogen and oxygen atoms in total. The summed E-state index contributed by atoms with van der Waals surface area (Å²) in [6, 6.07) is 0. The first kappa shape index (κ1) is 47.2. The van der Waals surface area contributed by atoms with Crippen molar-refractivity contribution in [1.29, 1.82) is 0 Å². The van der Waals surface area contributed by atoms with Crippen LogP contribution in [-0.4, -0.2) is 61.5 Å². The summed E-state index contributed by atoms with van der Waals surface area (Å²) in [6.07, 6.45) is 36.2. The number of rotatable bonds is 36. The monoisotopic (exact) mass is 741 g/mol. The summed E-state index contributed by atoms with van der Waals surface area (Å²) in [7, 11) is -4.40. The molecule has 1 aliphatic heterocycles. The molecule has 1 aliphatic rings. The Labute approximate surface area is 309 Å². The molecule has 0 bridgehead atoms. The highest BCUT2D eigenvalue weighted by molar-refractivity contribution is 7.47. The van der Waals surface area contributed by atoms with Crippen LogP contribution in [0.2, 0.25) is 0 Å². The van der Waals surface area contributed by atoms with Crippen molar-refractivity contribution < 1.29 is 42.3 Å². The first-order valence-electron chi connectivity index (χ1n) is 20.1. The van der Waals surface area contributed by atoms with Crippen molar-refractivity contribution in [1.82, 2.24) is 0 Å². The van der Waals surface area contributed by atoms with Crippen LogP contribution in [0.25, 0.3) is 0 Å². The van der Waals surface area contributed by atoms with Crippen LogP contribution >= 0.6 is 7.82 Å². The predicted octanol–water partition coefficient (Wildman–Crippen LogP) is 9.98. The van der Waals surface area contributed by atoms with Crippen molar-refractivity contribution in [3.8, 4) is 0 Å². The van der Waals surface area contributed by atoms with Gasteiger partial charge in [0.15, 0.2) is 6.10 Å². The Kier molecular flexibility index (Phi) is 30.4. The van der Waals surface area contributed by atoms with Gasteiger partial charge in [0.1, 0.15) is 6.61 Å². The molecule has 1 heterocycles. The van der Waals surface area contributed by atoms with Gasteiger partial charge in [-0.25, -0.2) is 4.57 Å². The van der Waals surface area contributed by atoms with E-state index in [1.165, 1.54) is 77.0 Å². The minimum Gasteiger partial charge on any atom is -0.462 e. The molecule has 0 amide bonds. The Morgan fingerprint density at radius 2 is 1.27 bits per heavy atom. The van der Waals surface area contributed by atoms with Gasteiger partial charge in [-0.15, -0.1) is 0 Å². The second-order valence-electron chi connectivity index (χ2n) is 13.5. The summed E-state index contributed by atoms with van der Waals surface area (Å²) in [5.74, 6) is -0.905. The zero-order valence-electron chi connectivity index (χ0n) is 32.0. The molecule has 11 heteroatoms. The standard InChI is InChI=1S/C40H72NO9P/c1-3-5-7-9-11-13-15-17-19-21-23-25-28-37-38(50-37)29-27-31-40(43)49-36(35-48-51(44,45)47-33-32-41)34-46-39(42)30-26-24-22-20-18-16-14-12-10-8-6-4-2/h11,13,17,19,23,25,36-38H,3-10,12,14-16,18,20-22,24,26-35,41H2,1-2H3,(H,44,45)/b13-11-,19-17-,25-23-/t36-,37?,38?/m1/s1. The van der Waals surface area contributed by atoms with Crippen LogP contribution in [0.15, 0.2) is 36.5 Å². The molecule has 0 spiro atoms. The maximum absolute atomic E-state index is 12.6. The number of esters is 2. The molecule has 1 fully saturated rings. The maximum atomic E-state index is 12.6. The summed E-state index contributed by atoms with van der Waals surface area (Å²) in [5, 5.41) is 0. The highest BCUT2D eigenvalue weighted by Crippen LogP contribution is 2.43. The van der Waals surface area contributed by atoms with Crippen LogP contribution in [-0.2, 0) is 37.4 Å². The number of carbonyl (C=O) groups is 2. The van der Waals surface area contributed by atoms with Crippen LogP contribution in [0.5, 0.6) is 0 Å². The van der Waals surface area contributed by atoms with Gasteiger partial charge in [-0.2, -0.15) is 0 Å². The average Bonchev–Trinajstić information content (AvgIpc) is 3.87. The fraction of sp³-hybridized carbons (Fsp3) is 0.800. The number of phosphoric ester groups is 1. The Bertz CT molecular complexity index is 1000. The predicted molar refractivity (Wildman–Crippen MR) is 205 cm³/mol. The van der Waals surface area contributed by atoms with Gasteiger partial charge in [-0.05, 0) is 51.4 Å². The zero-order chi connectivity index (χ0) is 37.3. The minimum atomic E-state index is -4.40. The molecule has 0 saturated carbocycles. The van der Waals surface area contributed by atoms with Crippen molar-refractivity contribution in [3.05, 3.63) is 36.5 Å². The molecule has 3 unspecified atom stereocenters. The Balaban J connectivity index is 2.27. The van der Waals surface area contributed by atoms with Gasteiger partial charge < -0.3 is 24.8 Å². The normalized spacial score (nSPS) is 17.7. The molecule has 51 heavy (non-hydrogen) atoms. The third kappa shape index (κ3) is 30.4. The zero-order valence-corrected chi connectivity index (χ0v) is 32.9. The van der Waals surface area contributed by atoms with Crippen molar-refractivity contribution in [2.45, 2.75) is 180 Å². The highest BCUT2D eigenvalue weighted by atomic mass is 31.2. The molecular formula is C40H72NO9P. The molecule has 1 rings (SSSR count). The van der Waals surface area contributed by atoms with Crippen molar-refractivity contribution in [2.24, 2.45) is 5.73 Å². The number of hydrogen-bond donors (Lipinski definition) is 2. The molecule has 0 aromatic carbocycles. The van der Waals surface area contributed by atoms with E-state index in [-0.39, 0.29) is 44.8 Å². The fourth-order valence-electron chi connectivity index (χ4n) is 5.60. The van der Waals surface area contributed by atoms with Crippen LogP contribution in [0, 0.1) is 0 Å².